The van der Waals surface area contributed by atoms with Crippen LogP contribution in [0.25, 0.3) is 11.0 Å². The summed E-state index contributed by atoms with van der Waals surface area (Å²) >= 11 is 0. The van der Waals surface area contributed by atoms with Crippen LogP contribution < -0.4 is 4.90 Å². The van der Waals surface area contributed by atoms with Gasteiger partial charge in [-0.05, 0) is 31.0 Å². The summed E-state index contributed by atoms with van der Waals surface area (Å²) in [5.74, 6) is -1.43. The molecule has 0 radical (unpaired) electrons. The van der Waals surface area contributed by atoms with Gasteiger partial charge in [0.2, 0.25) is 0 Å². The predicted octanol–water partition coefficient (Wildman–Crippen LogP) is 2.85. The quantitative estimate of drug-likeness (QED) is 0.720. The maximum absolute atomic E-state index is 14.1. The lowest BCUT2D eigenvalue weighted by atomic mass is 9.60. The summed E-state index contributed by atoms with van der Waals surface area (Å²) < 4.78 is 28.0. The lowest BCUT2D eigenvalue weighted by Crippen LogP contribution is -2.67. The minimum atomic E-state index is -0.885. The summed E-state index contributed by atoms with van der Waals surface area (Å²) in [6.45, 7) is 1.03. The molecule has 152 valence electrons. The van der Waals surface area contributed by atoms with Crippen molar-refractivity contribution in [2.45, 2.75) is 18.9 Å². The Morgan fingerprint density at radius 2 is 2.07 bits per heavy atom. The molecule has 1 saturated heterocycles. The van der Waals surface area contributed by atoms with Crippen molar-refractivity contribution in [3.63, 3.8) is 0 Å². The van der Waals surface area contributed by atoms with Crippen LogP contribution in [0.3, 0.4) is 0 Å². The molecule has 5 rings (SSSR count). The second kappa shape index (κ2) is 6.49. The van der Waals surface area contributed by atoms with Gasteiger partial charge in [0.1, 0.15) is 35.5 Å². The molecule has 9 heteroatoms. The molecule has 3 heterocycles. The van der Waals surface area contributed by atoms with Crippen LogP contribution in [0.1, 0.15) is 28.8 Å². The van der Waals surface area contributed by atoms with Crippen molar-refractivity contribution in [2.75, 3.05) is 25.0 Å². The molecule has 0 atom stereocenters. The maximum Gasteiger partial charge on any atom is 0.256 e. The molecule has 1 saturated carbocycles. The summed E-state index contributed by atoms with van der Waals surface area (Å²) in [5, 5.41) is 9.74. The Hall–Kier alpha value is -3.54. The summed E-state index contributed by atoms with van der Waals surface area (Å²) in [6, 6.07) is 5.40. The number of H-pyrrole nitrogens is 1. The average Bonchev–Trinajstić information content (AvgIpc) is 3.15. The Kier molecular flexibility index (Phi) is 4.00. The molecule has 3 aromatic rings. The molecular weight excluding hydrogens is 390 g/mol. The molecule has 30 heavy (non-hydrogen) atoms. The summed E-state index contributed by atoms with van der Waals surface area (Å²) in [4.78, 5) is 28.0. The van der Waals surface area contributed by atoms with Crippen LogP contribution in [0.15, 0.2) is 30.7 Å². The van der Waals surface area contributed by atoms with E-state index in [-0.39, 0.29) is 11.0 Å². The molecule has 1 amide bonds. The first-order chi connectivity index (χ1) is 14.4. The van der Waals surface area contributed by atoms with Crippen molar-refractivity contribution in [3.05, 3.63) is 53.5 Å². The number of rotatable bonds is 3. The van der Waals surface area contributed by atoms with Crippen molar-refractivity contribution in [2.24, 2.45) is 5.41 Å². The normalized spacial score (nSPS) is 17.5. The second-order valence-corrected chi connectivity index (χ2v) is 8.20. The van der Waals surface area contributed by atoms with Gasteiger partial charge >= 0.3 is 0 Å². The number of fused-ring (bicyclic) bond motifs is 1. The third-order valence-corrected chi connectivity index (χ3v) is 6.30. The average molecular weight is 408 g/mol. The fourth-order valence-corrected chi connectivity index (χ4v) is 4.66. The fourth-order valence-electron chi connectivity index (χ4n) is 4.66. The second-order valence-electron chi connectivity index (χ2n) is 8.20. The topological polar surface area (TPSA) is 88.9 Å². The van der Waals surface area contributed by atoms with E-state index in [2.05, 4.69) is 19.9 Å². The molecule has 1 spiro atoms. The Balaban J connectivity index is 1.24. The van der Waals surface area contributed by atoms with Gasteiger partial charge in [-0.15, -0.1) is 0 Å². The standard InChI is InChI=1S/C21H18F2N6O/c1-28(19-14-2-3-25-18(14)26-11-27-19)13-6-21(7-13)9-29(10-21)20(30)15-5-16(22)12(8-24)4-17(15)23/h2-5,11,13H,6-7,9-10H2,1H3,(H,25,26,27). The molecule has 2 aliphatic rings. The van der Waals surface area contributed by atoms with Gasteiger partial charge in [0.15, 0.2) is 0 Å². The number of nitrogens with zero attached hydrogens (tertiary/aromatic N) is 5. The Labute approximate surface area is 170 Å². The number of likely N-dealkylation sites (tertiary alicyclic amines) is 1. The number of amides is 1. The number of nitriles is 1. The largest absolute Gasteiger partial charge is 0.356 e. The molecule has 1 N–H and O–H groups in total. The van der Waals surface area contributed by atoms with Crippen molar-refractivity contribution in [3.8, 4) is 6.07 Å². The van der Waals surface area contributed by atoms with E-state index in [4.69, 9.17) is 5.26 Å². The predicted molar refractivity (Wildman–Crippen MR) is 105 cm³/mol. The highest BCUT2D eigenvalue weighted by atomic mass is 19.1. The SMILES string of the molecule is CN(c1ncnc2[nH]ccc12)C1CC2(C1)CN(C(=O)c1cc(F)c(C#N)cc1F)C2. The van der Waals surface area contributed by atoms with Crippen LogP contribution in [0.2, 0.25) is 0 Å². The Morgan fingerprint density at radius 3 is 2.80 bits per heavy atom. The number of carbonyl (C=O) groups excluding carboxylic acids is 1. The van der Waals surface area contributed by atoms with Crippen LogP contribution in [0.5, 0.6) is 0 Å². The number of hydrogen-bond acceptors (Lipinski definition) is 5. The van der Waals surface area contributed by atoms with E-state index in [0.717, 1.165) is 41.8 Å². The molecule has 2 aromatic heterocycles. The minimum absolute atomic E-state index is 0.0144. The highest BCUT2D eigenvalue weighted by Gasteiger charge is 2.55. The van der Waals surface area contributed by atoms with Gasteiger partial charge in [0, 0.05) is 37.8 Å². The van der Waals surface area contributed by atoms with Gasteiger partial charge in [-0.2, -0.15) is 5.26 Å². The lowest BCUT2D eigenvalue weighted by molar-refractivity contribution is -0.0543. The van der Waals surface area contributed by atoms with Gasteiger partial charge < -0.3 is 14.8 Å². The van der Waals surface area contributed by atoms with Crippen molar-refractivity contribution < 1.29 is 13.6 Å². The fraction of sp³-hybridized carbons (Fsp3) is 0.333. The van der Waals surface area contributed by atoms with E-state index in [1.807, 2.05) is 19.3 Å². The van der Waals surface area contributed by atoms with Crippen LogP contribution in [0, 0.1) is 28.4 Å². The van der Waals surface area contributed by atoms with Crippen molar-refractivity contribution >= 4 is 22.8 Å². The van der Waals surface area contributed by atoms with Gasteiger partial charge in [-0.25, -0.2) is 18.7 Å². The van der Waals surface area contributed by atoms with Gasteiger partial charge in [0.25, 0.3) is 5.91 Å². The summed E-state index contributed by atoms with van der Waals surface area (Å²) in [5.41, 5.74) is 0.0685. The van der Waals surface area contributed by atoms with Crippen LogP contribution in [-0.2, 0) is 0 Å². The number of aromatic nitrogens is 3. The molecule has 1 aromatic carbocycles. The molecular formula is C21H18F2N6O. The Morgan fingerprint density at radius 1 is 1.30 bits per heavy atom. The van der Waals surface area contributed by atoms with Crippen LogP contribution in [-0.4, -0.2) is 51.9 Å². The third-order valence-electron chi connectivity index (χ3n) is 6.30. The first-order valence-corrected chi connectivity index (χ1v) is 9.60. The first kappa shape index (κ1) is 18.5. The first-order valence-electron chi connectivity index (χ1n) is 9.60. The maximum atomic E-state index is 14.1. The summed E-state index contributed by atoms with van der Waals surface area (Å²) in [6.07, 6.45) is 5.16. The molecule has 1 aliphatic carbocycles. The van der Waals surface area contributed by atoms with E-state index in [9.17, 15) is 13.6 Å². The third kappa shape index (κ3) is 2.71. The van der Waals surface area contributed by atoms with Crippen LogP contribution >= 0.6 is 0 Å². The molecule has 0 unspecified atom stereocenters. The van der Waals surface area contributed by atoms with Gasteiger partial charge in [-0.1, -0.05) is 0 Å². The number of carbonyl (C=O) groups is 1. The minimum Gasteiger partial charge on any atom is -0.356 e. The number of halogens is 2. The van der Waals surface area contributed by atoms with E-state index in [1.54, 1.807) is 6.07 Å². The van der Waals surface area contributed by atoms with Gasteiger partial charge in [0.05, 0.1) is 16.5 Å². The van der Waals surface area contributed by atoms with E-state index in [0.29, 0.717) is 19.1 Å². The molecule has 2 fully saturated rings. The zero-order chi connectivity index (χ0) is 21.0. The monoisotopic (exact) mass is 408 g/mol. The van der Waals surface area contributed by atoms with E-state index < -0.39 is 23.1 Å². The number of benzene rings is 1. The summed E-state index contributed by atoms with van der Waals surface area (Å²) in [7, 11) is 2.00. The molecule has 7 nitrogen and oxygen atoms in total. The zero-order valence-corrected chi connectivity index (χ0v) is 16.2. The molecule has 0 bridgehead atoms. The Bertz CT molecular complexity index is 1200. The molecule has 1 aliphatic heterocycles. The van der Waals surface area contributed by atoms with Gasteiger partial charge in [-0.3, -0.25) is 4.79 Å². The highest BCUT2D eigenvalue weighted by Crippen LogP contribution is 2.51. The smallest absolute Gasteiger partial charge is 0.256 e. The van der Waals surface area contributed by atoms with Crippen molar-refractivity contribution in [1.29, 1.82) is 5.26 Å². The number of anilines is 1. The number of aromatic amines is 1. The zero-order valence-electron chi connectivity index (χ0n) is 16.2. The lowest BCUT2D eigenvalue weighted by Gasteiger charge is -2.60. The number of nitrogens with one attached hydrogen (secondary N) is 1. The number of hydrogen-bond donors (Lipinski definition) is 1. The van der Waals surface area contributed by atoms with E-state index >= 15 is 0 Å². The van der Waals surface area contributed by atoms with Crippen LogP contribution in [0.4, 0.5) is 14.6 Å². The van der Waals surface area contributed by atoms with E-state index in [1.165, 1.54) is 11.2 Å². The van der Waals surface area contributed by atoms with Crippen molar-refractivity contribution in [1.82, 2.24) is 19.9 Å². The highest BCUT2D eigenvalue weighted by molar-refractivity contribution is 5.95.